The maximum absolute atomic E-state index is 12.8. The minimum atomic E-state index is -4.57. The molecule has 0 aromatic carbocycles. The van der Waals surface area contributed by atoms with E-state index in [0.29, 0.717) is 25.5 Å². The van der Waals surface area contributed by atoms with Gasteiger partial charge in [-0.25, -0.2) is 14.6 Å². The van der Waals surface area contributed by atoms with E-state index in [9.17, 15) is 13.2 Å². The highest BCUT2D eigenvalue weighted by Gasteiger charge is 2.37. The van der Waals surface area contributed by atoms with Gasteiger partial charge in [-0.1, -0.05) is 0 Å². The van der Waals surface area contributed by atoms with Crippen LogP contribution in [0, 0.1) is 0 Å². The monoisotopic (exact) mass is 393 g/mol. The van der Waals surface area contributed by atoms with Crippen molar-refractivity contribution in [3.63, 3.8) is 0 Å². The van der Waals surface area contributed by atoms with Crippen LogP contribution in [0.15, 0.2) is 24.7 Å². The lowest BCUT2D eigenvalue weighted by Crippen LogP contribution is -2.28. The first-order valence-electron chi connectivity index (χ1n) is 8.61. The molecule has 4 heterocycles. The number of nitrogens with one attached hydrogen (secondary N) is 1. The quantitative estimate of drug-likeness (QED) is 0.722. The molecule has 4 rings (SSSR count). The van der Waals surface area contributed by atoms with Gasteiger partial charge in [0, 0.05) is 51.2 Å². The van der Waals surface area contributed by atoms with Gasteiger partial charge in [0.05, 0.1) is 11.9 Å². The fourth-order valence-corrected chi connectivity index (χ4v) is 3.09. The molecule has 28 heavy (non-hydrogen) atoms. The highest BCUT2D eigenvalue weighted by molar-refractivity contribution is 5.58. The first-order chi connectivity index (χ1) is 13.3. The number of alkyl halides is 3. The third-order valence-corrected chi connectivity index (χ3v) is 4.46. The van der Waals surface area contributed by atoms with Gasteiger partial charge in [-0.15, -0.1) is 5.10 Å². The molecule has 0 radical (unpaired) electrons. The second kappa shape index (κ2) is 6.77. The van der Waals surface area contributed by atoms with E-state index in [1.165, 1.54) is 7.05 Å². The first kappa shape index (κ1) is 18.2. The predicted molar refractivity (Wildman–Crippen MR) is 94.5 cm³/mol. The summed E-state index contributed by atoms with van der Waals surface area (Å²) in [6.45, 7) is 1.23. The first-order valence-corrected chi connectivity index (χ1v) is 8.61. The summed E-state index contributed by atoms with van der Waals surface area (Å²) in [5.41, 5.74) is 1.65. The average Bonchev–Trinajstić information content (AvgIpc) is 3.36. The molecule has 0 amide bonds. The number of aryl methyl sites for hydroxylation is 2. The predicted octanol–water partition coefficient (Wildman–Crippen LogP) is 1.72. The molecule has 148 valence electrons. The van der Waals surface area contributed by atoms with Crippen molar-refractivity contribution in [1.82, 2.24) is 34.5 Å². The standard InChI is InChI=1S/C16H18F3N9/c1-26-8-10(7-21-26)12-3-5-20-14(23-12)28-6-4-11(9-28)22-15-24-13(16(17,18)19)25-27(15)2/h3,5,7-8,11H,4,6,9H2,1-2H3,(H,22,24,25). The number of halogens is 3. The Balaban J connectivity index is 1.46. The van der Waals surface area contributed by atoms with Crippen LogP contribution < -0.4 is 10.2 Å². The topological polar surface area (TPSA) is 89.6 Å². The van der Waals surface area contributed by atoms with E-state index in [2.05, 4.69) is 30.5 Å². The summed E-state index contributed by atoms with van der Waals surface area (Å²) in [5, 5.41) is 10.6. The van der Waals surface area contributed by atoms with E-state index in [0.717, 1.165) is 15.9 Å². The van der Waals surface area contributed by atoms with Crippen molar-refractivity contribution in [2.45, 2.75) is 18.6 Å². The van der Waals surface area contributed by atoms with Gasteiger partial charge in [-0.3, -0.25) is 4.68 Å². The largest absolute Gasteiger partial charge is 0.453 e. The zero-order valence-corrected chi connectivity index (χ0v) is 15.2. The van der Waals surface area contributed by atoms with Crippen LogP contribution in [-0.2, 0) is 20.3 Å². The number of anilines is 2. The Bertz CT molecular complexity index is 978. The Labute approximate surface area is 158 Å². The molecule has 0 saturated carbocycles. The molecule has 9 nitrogen and oxygen atoms in total. The maximum atomic E-state index is 12.8. The molecule has 3 aromatic heterocycles. The number of nitrogens with zero attached hydrogens (tertiary/aromatic N) is 8. The van der Waals surface area contributed by atoms with Crippen LogP contribution in [0.4, 0.5) is 25.1 Å². The fraction of sp³-hybridized carbons (Fsp3) is 0.438. The SMILES string of the molecule is Cn1cc(-c2ccnc(N3CCC(Nc4nc(C(F)(F)F)nn4C)C3)n2)cn1. The molecular formula is C16H18F3N9. The van der Waals surface area contributed by atoms with Crippen molar-refractivity contribution in [2.24, 2.45) is 14.1 Å². The number of hydrogen-bond donors (Lipinski definition) is 1. The van der Waals surface area contributed by atoms with E-state index in [1.807, 2.05) is 24.2 Å². The van der Waals surface area contributed by atoms with Gasteiger partial charge < -0.3 is 10.2 Å². The normalized spacial score (nSPS) is 17.3. The maximum Gasteiger partial charge on any atom is 0.453 e. The molecule has 1 N–H and O–H groups in total. The van der Waals surface area contributed by atoms with Crippen LogP contribution in [0.1, 0.15) is 12.2 Å². The van der Waals surface area contributed by atoms with E-state index in [-0.39, 0.29) is 12.0 Å². The Morgan fingerprint density at radius 3 is 2.71 bits per heavy atom. The Hall–Kier alpha value is -3.18. The Morgan fingerprint density at radius 1 is 1.21 bits per heavy atom. The van der Waals surface area contributed by atoms with E-state index in [1.54, 1.807) is 17.1 Å². The lowest BCUT2D eigenvalue weighted by molar-refractivity contribution is -0.144. The van der Waals surface area contributed by atoms with Gasteiger partial charge in [0.1, 0.15) is 0 Å². The third kappa shape index (κ3) is 3.62. The summed E-state index contributed by atoms with van der Waals surface area (Å²) >= 11 is 0. The minimum Gasteiger partial charge on any atom is -0.350 e. The lowest BCUT2D eigenvalue weighted by Gasteiger charge is -2.17. The summed E-state index contributed by atoms with van der Waals surface area (Å²) in [5.74, 6) is -0.497. The van der Waals surface area contributed by atoms with Crippen LogP contribution in [0.2, 0.25) is 0 Å². The van der Waals surface area contributed by atoms with Gasteiger partial charge in [0.2, 0.25) is 11.9 Å². The number of rotatable bonds is 4. The summed E-state index contributed by atoms with van der Waals surface area (Å²) in [7, 11) is 3.26. The molecule has 1 aliphatic heterocycles. The molecule has 12 heteroatoms. The van der Waals surface area contributed by atoms with Crippen LogP contribution in [0.3, 0.4) is 0 Å². The zero-order valence-electron chi connectivity index (χ0n) is 15.2. The molecule has 3 aromatic rings. The fourth-order valence-electron chi connectivity index (χ4n) is 3.09. The summed E-state index contributed by atoms with van der Waals surface area (Å²) in [4.78, 5) is 14.5. The van der Waals surface area contributed by atoms with Crippen molar-refractivity contribution in [3.05, 3.63) is 30.5 Å². The van der Waals surface area contributed by atoms with Gasteiger partial charge in [-0.05, 0) is 12.5 Å². The molecule has 1 unspecified atom stereocenters. The molecule has 1 atom stereocenters. The minimum absolute atomic E-state index is 0.0872. The van der Waals surface area contributed by atoms with Crippen molar-refractivity contribution in [3.8, 4) is 11.3 Å². The van der Waals surface area contributed by atoms with Gasteiger partial charge in [-0.2, -0.15) is 23.3 Å². The van der Waals surface area contributed by atoms with Crippen molar-refractivity contribution in [1.29, 1.82) is 0 Å². The van der Waals surface area contributed by atoms with Crippen LogP contribution in [0.25, 0.3) is 11.3 Å². The molecule has 0 bridgehead atoms. The van der Waals surface area contributed by atoms with E-state index in [4.69, 9.17) is 0 Å². The Kier molecular flexibility index (Phi) is 4.40. The van der Waals surface area contributed by atoms with Crippen LogP contribution in [-0.4, -0.2) is 53.6 Å². The third-order valence-electron chi connectivity index (χ3n) is 4.46. The number of aromatic nitrogens is 7. The molecule has 1 fully saturated rings. The highest BCUT2D eigenvalue weighted by atomic mass is 19.4. The van der Waals surface area contributed by atoms with E-state index < -0.39 is 12.0 Å². The summed E-state index contributed by atoms with van der Waals surface area (Å²) in [6, 6.07) is 1.72. The summed E-state index contributed by atoms with van der Waals surface area (Å²) < 4.78 is 41.1. The van der Waals surface area contributed by atoms with E-state index >= 15 is 0 Å². The van der Waals surface area contributed by atoms with Gasteiger partial charge >= 0.3 is 6.18 Å². The zero-order chi connectivity index (χ0) is 19.9. The second-order valence-electron chi connectivity index (χ2n) is 6.60. The van der Waals surface area contributed by atoms with Crippen LogP contribution in [0.5, 0.6) is 0 Å². The van der Waals surface area contributed by atoms with Crippen molar-refractivity contribution >= 4 is 11.9 Å². The smallest absolute Gasteiger partial charge is 0.350 e. The molecule has 1 aliphatic rings. The lowest BCUT2D eigenvalue weighted by atomic mass is 10.2. The highest BCUT2D eigenvalue weighted by Crippen LogP contribution is 2.28. The van der Waals surface area contributed by atoms with Crippen molar-refractivity contribution in [2.75, 3.05) is 23.3 Å². The van der Waals surface area contributed by atoms with Gasteiger partial charge in [0.25, 0.3) is 5.82 Å². The molecule has 0 spiro atoms. The van der Waals surface area contributed by atoms with Crippen LogP contribution >= 0.6 is 0 Å². The molecule has 1 saturated heterocycles. The molecule has 0 aliphatic carbocycles. The molecular weight excluding hydrogens is 375 g/mol. The summed E-state index contributed by atoms with van der Waals surface area (Å²) in [6.07, 6.45) is 1.43. The van der Waals surface area contributed by atoms with Gasteiger partial charge in [0.15, 0.2) is 0 Å². The average molecular weight is 393 g/mol. The second-order valence-corrected chi connectivity index (χ2v) is 6.60. The number of hydrogen-bond acceptors (Lipinski definition) is 7. The Morgan fingerprint density at radius 2 is 2.04 bits per heavy atom. The van der Waals surface area contributed by atoms with Crippen molar-refractivity contribution < 1.29 is 13.2 Å².